The van der Waals surface area contributed by atoms with Crippen molar-refractivity contribution >= 4 is 11.5 Å². The number of nitrogens with one attached hydrogen (secondary N) is 1. The highest BCUT2D eigenvalue weighted by Gasteiger charge is 2.33. The Hall–Kier alpha value is -2.55. The fourth-order valence-corrected chi connectivity index (χ4v) is 3.32. The number of benzene rings is 2. The van der Waals surface area contributed by atoms with Crippen LogP contribution in [0.25, 0.3) is 5.57 Å². The SMILES string of the molecule is CCCCOc1ccc(C2(C)CC(c3ccc(C)cc3)=CC(=O)N2)cc1. The van der Waals surface area contributed by atoms with E-state index in [2.05, 4.69) is 62.5 Å². The fraction of sp³-hybridized carbons (Fsp3) is 0.348. The Labute approximate surface area is 156 Å². The van der Waals surface area contributed by atoms with Gasteiger partial charge in [0.15, 0.2) is 0 Å². The van der Waals surface area contributed by atoms with Crippen molar-refractivity contribution in [1.82, 2.24) is 5.32 Å². The highest BCUT2D eigenvalue weighted by Crippen LogP contribution is 2.36. The Bertz CT molecular complexity index is 790. The van der Waals surface area contributed by atoms with Crippen LogP contribution in [0.2, 0.25) is 0 Å². The van der Waals surface area contributed by atoms with Gasteiger partial charge < -0.3 is 10.1 Å². The fourth-order valence-electron chi connectivity index (χ4n) is 3.32. The molecule has 1 atom stereocenters. The van der Waals surface area contributed by atoms with Crippen LogP contribution in [0.5, 0.6) is 5.75 Å². The molecule has 0 spiro atoms. The summed E-state index contributed by atoms with van der Waals surface area (Å²) < 4.78 is 5.75. The molecule has 3 nitrogen and oxygen atoms in total. The minimum absolute atomic E-state index is 0.0439. The van der Waals surface area contributed by atoms with Crippen LogP contribution < -0.4 is 10.1 Å². The summed E-state index contributed by atoms with van der Waals surface area (Å²) >= 11 is 0. The molecule has 0 aliphatic carbocycles. The van der Waals surface area contributed by atoms with Crippen molar-refractivity contribution in [2.24, 2.45) is 0 Å². The highest BCUT2D eigenvalue weighted by atomic mass is 16.5. The standard InChI is InChI=1S/C23H27NO2/c1-4-5-14-26-21-12-10-20(11-13-21)23(3)16-19(15-22(25)24-23)18-8-6-17(2)7-9-18/h6-13,15H,4-5,14,16H2,1-3H3,(H,24,25). The lowest BCUT2D eigenvalue weighted by Gasteiger charge is -2.35. The van der Waals surface area contributed by atoms with Gasteiger partial charge in [-0.2, -0.15) is 0 Å². The first-order chi connectivity index (χ1) is 12.5. The number of rotatable bonds is 6. The van der Waals surface area contributed by atoms with Crippen LogP contribution in [-0.2, 0) is 10.3 Å². The summed E-state index contributed by atoms with van der Waals surface area (Å²) in [6, 6.07) is 16.4. The van der Waals surface area contributed by atoms with E-state index in [4.69, 9.17) is 4.74 Å². The summed E-state index contributed by atoms with van der Waals surface area (Å²) in [4.78, 5) is 12.3. The maximum absolute atomic E-state index is 12.3. The third-order valence-corrected chi connectivity index (χ3v) is 4.93. The largest absolute Gasteiger partial charge is 0.494 e. The zero-order valence-corrected chi connectivity index (χ0v) is 15.8. The van der Waals surface area contributed by atoms with E-state index in [1.165, 1.54) is 5.56 Å². The van der Waals surface area contributed by atoms with E-state index < -0.39 is 5.54 Å². The molecule has 0 aromatic heterocycles. The van der Waals surface area contributed by atoms with Crippen LogP contribution in [-0.4, -0.2) is 12.5 Å². The summed E-state index contributed by atoms with van der Waals surface area (Å²) in [6.07, 6.45) is 4.66. The summed E-state index contributed by atoms with van der Waals surface area (Å²) in [5, 5.41) is 3.14. The lowest BCUT2D eigenvalue weighted by atomic mass is 9.81. The smallest absolute Gasteiger partial charge is 0.244 e. The molecule has 0 fully saturated rings. The summed E-state index contributed by atoms with van der Waals surface area (Å²) in [5.74, 6) is 0.833. The number of unbranched alkanes of at least 4 members (excludes halogenated alkanes) is 1. The molecule has 2 aromatic carbocycles. The maximum Gasteiger partial charge on any atom is 0.244 e. The molecular formula is C23H27NO2. The lowest BCUT2D eigenvalue weighted by Crippen LogP contribution is -2.45. The van der Waals surface area contributed by atoms with Gasteiger partial charge in [-0.25, -0.2) is 0 Å². The summed E-state index contributed by atoms with van der Waals surface area (Å²) in [5.41, 5.74) is 4.06. The first kappa shape index (κ1) is 18.2. The number of hydrogen-bond acceptors (Lipinski definition) is 2. The molecular weight excluding hydrogens is 322 g/mol. The van der Waals surface area contributed by atoms with Crippen LogP contribution >= 0.6 is 0 Å². The van der Waals surface area contributed by atoms with Crippen molar-refractivity contribution in [3.63, 3.8) is 0 Å². The van der Waals surface area contributed by atoms with Crippen molar-refractivity contribution in [3.8, 4) is 5.75 Å². The van der Waals surface area contributed by atoms with Gasteiger partial charge >= 0.3 is 0 Å². The number of ether oxygens (including phenoxy) is 1. The van der Waals surface area contributed by atoms with Gasteiger partial charge in [-0.1, -0.05) is 55.3 Å². The van der Waals surface area contributed by atoms with E-state index in [0.717, 1.165) is 48.3 Å². The average Bonchev–Trinajstić information content (AvgIpc) is 2.62. The average molecular weight is 349 g/mol. The van der Waals surface area contributed by atoms with Crippen molar-refractivity contribution in [2.45, 2.75) is 45.6 Å². The van der Waals surface area contributed by atoms with E-state index in [1.807, 2.05) is 12.1 Å². The molecule has 0 bridgehead atoms. The van der Waals surface area contributed by atoms with Gasteiger partial charge in [0.25, 0.3) is 0 Å². The van der Waals surface area contributed by atoms with E-state index in [1.54, 1.807) is 6.08 Å². The number of carbonyl (C=O) groups excluding carboxylic acids is 1. The van der Waals surface area contributed by atoms with Gasteiger partial charge in [0.1, 0.15) is 5.75 Å². The molecule has 0 saturated carbocycles. The molecule has 1 amide bonds. The lowest BCUT2D eigenvalue weighted by molar-refractivity contribution is -0.118. The molecule has 1 aliphatic rings. The number of hydrogen-bond donors (Lipinski definition) is 1. The Morgan fingerprint density at radius 3 is 2.42 bits per heavy atom. The molecule has 1 aliphatic heterocycles. The van der Waals surface area contributed by atoms with Crippen molar-refractivity contribution in [1.29, 1.82) is 0 Å². The Morgan fingerprint density at radius 2 is 1.77 bits per heavy atom. The molecule has 0 saturated heterocycles. The first-order valence-electron chi connectivity index (χ1n) is 9.33. The van der Waals surface area contributed by atoms with E-state index in [0.29, 0.717) is 0 Å². The Balaban J connectivity index is 1.79. The topological polar surface area (TPSA) is 38.3 Å². The maximum atomic E-state index is 12.3. The molecule has 1 heterocycles. The van der Waals surface area contributed by atoms with Crippen molar-refractivity contribution in [2.75, 3.05) is 6.61 Å². The number of carbonyl (C=O) groups is 1. The third-order valence-electron chi connectivity index (χ3n) is 4.93. The van der Waals surface area contributed by atoms with Gasteiger partial charge in [-0.15, -0.1) is 0 Å². The summed E-state index contributed by atoms with van der Waals surface area (Å²) in [7, 11) is 0. The number of amides is 1. The van der Waals surface area contributed by atoms with Gasteiger partial charge in [-0.05, 0) is 49.1 Å². The predicted octanol–water partition coefficient (Wildman–Crippen LogP) is 4.99. The van der Waals surface area contributed by atoms with Crippen LogP contribution in [0.4, 0.5) is 0 Å². The molecule has 1 N–H and O–H groups in total. The van der Waals surface area contributed by atoms with Gasteiger partial charge in [0.05, 0.1) is 12.1 Å². The molecule has 1 unspecified atom stereocenters. The van der Waals surface area contributed by atoms with Crippen LogP contribution in [0.3, 0.4) is 0 Å². The highest BCUT2D eigenvalue weighted by molar-refractivity contribution is 5.98. The van der Waals surface area contributed by atoms with Crippen LogP contribution in [0.1, 0.15) is 49.8 Å². The van der Waals surface area contributed by atoms with E-state index in [-0.39, 0.29) is 5.91 Å². The third kappa shape index (κ3) is 4.16. The van der Waals surface area contributed by atoms with Crippen LogP contribution in [0.15, 0.2) is 54.6 Å². The molecule has 0 radical (unpaired) electrons. The molecule has 26 heavy (non-hydrogen) atoms. The Morgan fingerprint density at radius 1 is 1.08 bits per heavy atom. The van der Waals surface area contributed by atoms with Crippen LogP contribution in [0, 0.1) is 6.92 Å². The van der Waals surface area contributed by atoms with Crippen molar-refractivity contribution in [3.05, 3.63) is 71.3 Å². The predicted molar refractivity (Wildman–Crippen MR) is 106 cm³/mol. The second-order valence-electron chi connectivity index (χ2n) is 7.26. The van der Waals surface area contributed by atoms with E-state index in [9.17, 15) is 4.79 Å². The molecule has 3 rings (SSSR count). The second kappa shape index (κ2) is 7.77. The first-order valence-corrected chi connectivity index (χ1v) is 9.33. The quantitative estimate of drug-likeness (QED) is 0.746. The monoisotopic (exact) mass is 349 g/mol. The molecule has 136 valence electrons. The normalized spacial score (nSPS) is 19.7. The second-order valence-corrected chi connectivity index (χ2v) is 7.26. The zero-order valence-electron chi connectivity index (χ0n) is 15.8. The number of aryl methyl sites for hydroxylation is 1. The zero-order chi connectivity index (χ0) is 18.6. The van der Waals surface area contributed by atoms with Gasteiger partial charge in [0.2, 0.25) is 5.91 Å². The van der Waals surface area contributed by atoms with E-state index >= 15 is 0 Å². The summed E-state index contributed by atoms with van der Waals surface area (Å²) in [6.45, 7) is 7.04. The molecule has 2 aromatic rings. The molecule has 3 heteroatoms. The minimum atomic E-state index is -0.423. The van der Waals surface area contributed by atoms with Crippen molar-refractivity contribution < 1.29 is 9.53 Å². The van der Waals surface area contributed by atoms with Gasteiger partial charge in [-0.3, -0.25) is 4.79 Å². The minimum Gasteiger partial charge on any atom is -0.494 e. The van der Waals surface area contributed by atoms with Gasteiger partial charge in [0, 0.05) is 12.5 Å². The Kier molecular flexibility index (Phi) is 5.46.